The second-order valence-electron chi connectivity index (χ2n) is 7.83. The Morgan fingerprint density at radius 2 is 1.91 bits per heavy atom. The number of thiophene rings is 1. The summed E-state index contributed by atoms with van der Waals surface area (Å²) in [6, 6.07) is 5.09. The molecule has 3 nitrogen and oxygen atoms in total. The Labute approximate surface area is 143 Å². The van der Waals surface area contributed by atoms with E-state index in [1.165, 1.54) is 29.0 Å². The Balaban J connectivity index is 1.50. The smallest absolute Gasteiger partial charge is 0.226 e. The van der Waals surface area contributed by atoms with Gasteiger partial charge >= 0.3 is 0 Å². The Morgan fingerprint density at radius 1 is 1.17 bits per heavy atom. The Morgan fingerprint density at radius 3 is 2.57 bits per heavy atom. The summed E-state index contributed by atoms with van der Waals surface area (Å²) in [6.45, 7) is 3.09. The summed E-state index contributed by atoms with van der Waals surface area (Å²) < 4.78 is 0. The molecule has 2 heterocycles. The van der Waals surface area contributed by atoms with Gasteiger partial charge in [0.1, 0.15) is 0 Å². The standard InChI is InChI=1S/C19H28N2OS/c1-12-7-8-17(23-12)16-6-3-9-21(16)19(22)15-10-13-4-2-5-14(11-15)18(13)20/h7-8,13-16,18H,2-6,9-11,20H2,1H3. The molecule has 0 aromatic carbocycles. The number of amides is 1. The summed E-state index contributed by atoms with van der Waals surface area (Å²) in [5, 5.41) is 0. The fourth-order valence-corrected chi connectivity index (χ4v) is 6.21. The van der Waals surface area contributed by atoms with Gasteiger partial charge in [0.05, 0.1) is 6.04 Å². The lowest BCUT2D eigenvalue weighted by molar-refractivity contribution is -0.139. The predicted octanol–water partition coefficient (Wildman–Crippen LogP) is 3.87. The van der Waals surface area contributed by atoms with Crippen molar-refractivity contribution in [1.82, 2.24) is 4.90 Å². The molecule has 2 bridgehead atoms. The van der Waals surface area contributed by atoms with Gasteiger partial charge in [0, 0.05) is 28.3 Å². The molecule has 2 N–H and O–H groups in total. The molecular weight excluding hydrogens is 304 g/mol. The number of nitrogens with two attached hydrogens (primary N) is 1. The maximum absolute atomic E-state index is 13.2. The number of aryl methyl sites for hydroxylation is 1. The minimum Gasteiger partial charge on any atom is -0.335 e. The molecule has 2 saturated carbocycles. The highest BCUT2D eigenvalue weighted by Crippen LogP contribution is 2.44. The van der Waals surface area contributed by atoms with E-state index in [1.54, 1.807) is 0 Å². The summed E-state index contributed by atoms with van der Waals surface area (Å²) in [7, 11) is 0. The van der Waals surface area contributed by atoms with Crippen LogP contribution in [0.1, 0.15) is 60.7 Å². The van der Waals surface area contributed by atoms with Crippen molar-refractivity contribution in [1.29, 1.82) is 0 Å². The van der Waals surface area contributed by atoms with Gasteiger partial charge < -0.3 is 10.6 Å². The highest BCUT2D eigenvalue weighted by atomic mass is 32.1. The lowest BCUT2D eigenvalue weighted by Gasteiger charge is -2.44. The number of likely N-dealkylation sites (tertiary alicyclic amines) is 1. The van der Waals surface area contributed by atoms with Crippen molar-refractivity contribution >= 4 is 17.2 Å². The van der Waals surface area contributed by atoms with Crippen LogP contribution in [-0.4, -0.2) is 23.4 Å². The van der Waals surface area contributed by atoms with Crippen LogP contribution in [0.2, 0.25) is 0 Å². The second kappa shape index (κ2) is 6.21. The van der Waals surface area contributed by atoms with Crippen molar-refractivity contribution in [2.45, 2.75) is 64.0 Å². The number of carbonyl (C=O) groups excluding carboxylic acids is 1. The molecule has 126 valence electrons. The Bertz CT molecular complexity index is 570. The van der Waals surface area contributed by atoms with E-state index in [9.17, 15) is 4.79 Å². The number of fused-ring (bicyclic) bond motifs is 2. The number of nitrogens with zero attached hydrogens (tertiary/aromatic N) is 1. The van der Waals surface area contributed by atoms with Crippen LogP contribution in [0.15, 0.2) is 12.1 Å². The average molecular weight is 333 g/mol. The largest absolute Gasteiger partial charge is 0.335 e. The van der Waals surface area contributed by atoms with Gasteiger partial charge in [0.15, 0.2) is 0 Å². The fraction of sp³-hybridized carbons (Fsp3) is 0.737. The Kier molecular flexibility index (Phi) is 4.22. The molecule has 23 heavy (non-hydrogen) atoms. The molecule has 1 aliphatic heterocycles. The maximum Gasteiger partial charge on any atom is 0.226 e. The molecule has 0 radical (unpaired) electrons. The van der Waals surface area contributed by atoms with Gasteiger partial charge in [-0.25, -0.2) is 0 Å². The fourth-order valence-electron chi connectivity index (χ4n) is 5.18. The summed E-state index contributed by atoms with van der Waals surface area (Å²) >= 11 is 1.86. The van der Waals surface area contributed by atoms with Crippen molar-refractivity contribution in [3.8, 4) is 0 Å². The first-order valence-corrected chi connectivity index (χ1v) is 10.1. The zero-order chi connectivity index (χ0) is 16.0. The van der Waals surface area contributed by atoms with Crippen LogP contribution in [0, 0.1) is 24.7 Å². The topological polar surface area (TPSA) is 46.3 Å². The third-order valence-corrected chi connectivity index (χ3v) is 7.49. The van der Waals surface area contributed by atoms with E-state index in [4.69, 9.17) is 5.73 Å². The summed E-state index contributed by atoms with van der Waals surface area (Å²) in [4.78, 5) is 18.1. The van der Waals surface area contributed by atoms with Crippen LogP contribution in [0.3, 0.4) is 0 Å². The predicted molar refractivity (Wildman–Crippen MR) is 94.3 cm³/mol. The van der Waals surface area contributed by atoms with Crippen molar-refractivity contribution in [2.24, 2.45) is 23.5 Å². The van der Waals surface area contributed by atoms with E-state index in [2.05, 4.69) is 24.0 Å². The van der Waals surface area contributed by atoms with Gasteiger partial charge in [-0.3, -0.25) is 4.79 Å². The first-order valence-electron chi connectivity index (χ1n) is 9.26. The lowest BCUT2D eigenvalue weighted by atomic mass is 9.65. The molecule has 3 atom stereocenters. The van der Waals surface area contributed by atoms with Crippen LogP contribution in [0.4, 0.5) is 0 Å². The number of hydrogen-bond donors (Lipinski definition) is 1. The molecule has 1 aromatic heterocycles. The van der Waals surface area contributed by atoms with E-state index in [0.29, 0.717) is 29.8 Å². The molecule has 4 rings (SSSR count). The number of hydrogen-bond acceptors (Lipinski definition) is 3. The molecule has 1 aromatic rings. The molecule has 3 unspecified atom stereocenters. The molecular formula is C19H28N2OS. The quantitative estimate of drug-likeness (QED) is 0.893. The Hall–Kier alpha value is -0.870. The van der Waals surface area contributed by atoms with Crippen molar-refractivity contribution < 1.29 is 4.79 Å². The summed E-state index contributed by atoms with van der Waals surface area (Å²) in [6.07, 6.45) is 8.11. The first kappa shape index (κ1) is 15.6. The minimum atomic E-state index is 0.228. The molecule has 1 saturated heterocycles. The zero-order valence-electron chi connectivity index (χ0n) is 14.0. The summed E-state index contributed by atoms with van der Waals surface area (Å²) in [5.74, 6) is 1.82. The third-order valence-electron chi connectivity index (χ3n) is 6.39. The molecule has 0 spiro atoms. The average Bonchev–Trinajstić information content (AvgIpc) is 3.14. The van der Waals surface area contributed by atoms with Crippen molar-refractivity contribution in [2.75, 3.05) is 6.54 Å². The number of rotatable bonds is 2. The van der Waals surface area contributed by atoms with E-state index >= 15 is 0 Å². The van der Waals surface area contributed by atoms with Crippen LogP contribution >= 0.6 is 11.3 Å². The van der Waals surface area contributed by atoms with Crippen LogP contribution in [0.25, 0.3) is 0 Å². The van der Waals surface area contributed by atoms with E-state index < -0.39 is 0 Å². The van der Waals surface area contributed by atoms with E-state index in [0.717, 1.165) is 32.2 Å². The molecule has 1 amide bonds. The minimum absolute atomic E-state index is 0.228. The highest BCUT2D eigenvalue weighted by molar-refractivity contribution is 7.12. The van der Waals surface area contributed by atoms with E-state index in [-0.39, 0.29) is 5.92 Å². The van der Waals surface area contributed by atoms with Gasteiger partial charge in [-0.2, -0.15) is 0 Å². The van der Waals surface area contributed by atoms with Crippen LogP contribution < -0.4 is 5.73 Å². The molecule has 3 fully saturated rings. The second-order valence-corrected chi connectivity index (χ2v) is 9.15. The maximum atomic E-state index is 13.2. The van der Waals surface area contributed by atoms with E-state index in [1.807, 2.05) is 11.3 Å². The zero-order valence-corrected chi connectivity index (χ0v) is 14.9. The monoisotopic (exact) mass is 332 g/mol. The SMILES string of the molecule is Cc1ccc(C2CCCN2C(=O)C2CC3CCCC(C2)C3N)s1. The normalized spacial score (nSPS) is 37.1. The van der Waals surface area contributed by atoms with Crippen LogP contribution in [-0.2, 0) is 4.79 Å². The van der Waals surface area contributed by atoms with Crippen molar-refractivity contribution in [3.63, 3.8) is 0 Å². The number of carbonyl (C=O) groups is 1. The van der Waals surface area contributed by atoms with Gasteiger partial charge in [-0.05, 0) is 69.4 Å². The van der Waals surface area contributed by atoms with Gasteiger partial charge in [-0.1, -0.05) is 6.42 Å². The molecule has 3 aliphatic rings. The summed E-state index contributed by atoms with van der Waals surface area (Å²) in [5.41, 5.74) is 6.40. The third kappa shape index (κ3) is 2.85. The molecule has 4 heteroatoms. The van der Waals surface area contributed by atoms with Gasteiger partial charge in [0.2, 0.25) is 5.91 Å². The highest BCUT2D eigenvalue weighted by Gasteiger charge is 2.43. The first-order chi connectivity index (χ1) is 11.1. The molecule has 2 aliphatic carbocycles. The van der Waals surface area contributed by atoms with Crippen molar-refractivity contribution in [3.05, 3.63) is 21.9 Å². The van der Waals surface area contributed by atoms with Gasteiger partial charge in [-0.15, -0.1) is 11.3 Å². The lowest BCUT2D eigenvalue weighted by Crippen LogP contribution is -2.49. The van der Waals surface area contributed by atoms with Crippen LogP contribution in [0.5, 0.6) is 0 Å². The van der Waals surface area contributed by atoms with Gasteiger partial charge in [0.25, 0.3) is 0 Å².